The zero-order chi connectivity index (χ0) is 25.5. The van der Waals surface area contributed by atoms with E-state index in [9.17, 15) is 15.6 Å². The Hall–Kier alpha value is -2.78. The Morgan fingerprint density at radius 3 is 2.35 bits per heavy atom. The molecule has 0 fully saturated rings. The number of nitrogens with zero attached hydrogens (tertiary/aromatic N) is 5. The zero-order valence-electron chi connectivity index (χ0n) is 21.3. The fourth-order valence-electron chi connectivity index (χ4n) is 3.40. The molecule has 0 aliphatic carbocycles. The van der Waals surface area contributed by atoms with E-state index in [1.807, 2.05) is 19.1 Å². The number of nitriles is 2. The van der Waals surface area contributed by atoms with Crippen LogP contribution in [-0.4, -0.2) is 36.0 Å². The summed E-state index contributed by atoms with van der Waals surface area (Å²) in [5.41, 5.74) is 2.69. The molecular formula is C26H35N5O2S. The van der Waals surface area contributed by atoms with Gasteiger partial charge in [-0.05, 0) is 83.7 Å². The summed E-state index contributed by atoms with van der Waals surface area (Å²) in [6.45, 7) is 15.6. The van der Waals surface area contributed by atoms with Crippen molar-refractivity contribution in [3.05, 3.63) is 39.8 Å². The molecule has 0 saturated carbocycles. The molecule has 8 heteroatoms. The second-order valence-electron chi connectivity index (χ2n) is 9.36. The minimum atomic E-state index is -0.853. The quantitative estimate of drug-likeness (QED) is 0.360. The molecule has 1 aromatic carbocycles. The number of benzene rings is 1. The number of anilines is 1. The zero-order valence-corrected chi connectivity index (χ0v) is 22.1. The van der Waals surface area contributed by atoms with Crippen molar-refractivity contribution in [2.45, 2.75) is 72.5 Å². The molecule has 0 aliphatic heterocycles. The van der Waals surface area contributed by atoms with E-state index in [0.717, 1.165) is 42.9 Å². The van der Waals surface area contributed by atoms with E-state index in [4.69, 9.17) is 4.74 Å². The summed E-state index contributed by atoms with van der Waals surface area (Å²) in [6.07, 6.45) is 1.70. The first kappa shape index (κ1) is 27.5. The lowest BCUT2D eigenvalue weighted by Gasteiger charge is -2.34. The van der Waals surface area contributed by atoms with Gasteiger partial charge in [0.15, 0.2) is 5.00 Å². The predicted molar refractivity (Wildman–Crippen MR) is 137 cm³/mol. The van der Waals surface area contributed by atoms with Gasteiger partial charge in [0, 0.05) is 18.8 Å². The first-order chi connectivity index (χ1) is 16.0. The molecule has 0 saturated heterocycles. The highest BCUT2D eigenvalue weighted by Gasteiger charge is 2.27. The third kappa shape index (κ3) is 7.11. The molecular weight excluding hydrogens is 446 g/mol. The van der Waals surface area contributed by atoms with Gasteiger partial charge in [-0.2, -0.15) is 10.5 Å². The van der Waals surface area contributed by atoms with Gasteiger partial charge in [-0.15, -0.1) is 21.6 Å². The van der Waals surface area contributed by atoms with Gasteiger partial charge < -0.3 is 14.7 Å². The van der Waals surface area contributed by atoms with Gasteiger partial charge in [-0.1, -0.05) is 6.92 Å². The molecule has 0 spiro atoms. The van der Waals surface area contributed by atoms with Crippen molar-refractivity contribution >= 4 is 27.7 Å². The number of hydrogen-bond donors (Lipinski definition) is 1. The topological polar surface area (TPSA) is 105 Å². The van der Waals surface area contributed by atoms with E-state index in [-0.39, 0.29) is 5.60 Å². The summed E-state index contributed by atoms with van der Waals surface area (Å²) in [5, 5.41) is 37.7. The summed E-state index contributed by atoms with van der Waals surface area (Å²) in [7, 11) is 0. The van der Waals surface area contributed by atoms with Gasteiger partial charge in [0.05, 0.1) is 29.1 Å². The highest BCUT2D eigenvalue weighted by molar-refractivity contribution is 7.16. The summed E-state index contributed by atoms with van der Waals surface area (Å²) >= 11 is 1.18. The molecule has 1 unspecified atom stereocenters. The van der Waals surface area contributed by atoms with Crippen LogP contribution in [0.2, 0.25) is 0 Å². The van der Waals surface area contributed by atoms with E-state index in [1.54, 1.807) is 20.8 Å². The number of hydrogen-bond acceptors (Lipinski definition) is 8. The summed E-state index contributed by atoms with van der Waals surface area (Å²) in [4.78, 5) is 2.78. The van der Waals surface area contributed by atoms with Gasteiger partial charge in [-0.3, -0.25) is 0 Å². The molecule has 0 bridgehead atoms. The number of aryl methyl sites for hydroxylation is 1. The molecule has 2 aromatic rings. The van der Waals surface area contributed by atoms with Crippen LogP contribution >= 0.6 is 11.3 Å². The Kier molecular flexibility index (Phi) is 9.35. The van der Waals surface area contributed by atoms with Gasteiger partial charge in [0.1, 0.15) is 17.0 Å². The van der Waals surface area contributed by atoms with Crippen LogP contribution < -0.4 is 4.90 Å². The second kappa shape index (κ2) is 11.6. The van der Waals surface area contributed by atoms with Crippen molar-refractivity contribution in [3.63, 3.8) is 0 Å². The van der Waals surface area contributed by atoms with Crippen LogP contribution in [0, 0.1) is 36.5 Å². The van der Waals surface area contributed by atoms with Gasteiger partial charge >= 0.3 is 0 Å². The highest BCUT2D eigenvalue weighted by atomic mass is 32.1. The van der Waals surface area contributed by atoms with Crippen LogP contribution in [0.3, 0.4) is 0 Å². The monoisotopic (exact) mass is 481 g/mol. The number of aliphatic hydroxyl groups is 1. The standard InChI is InChI=1S/C26H35N5O2S/c1-8-26(7,33-17-25(5,6)32)12-13-31(9-2)20-10-11-22(18(3)14-20)29-30-24-21(15-27)19(4)23(16-28)34-24/h10-11,14,32H,8-9,12-13,17H2,1-7H3. The molecule has 1 N–H and O–H groups in total. The number of rotatable bonds is 11. The first-order valence-electron chi connectivity index (χ1n) is 11.5. The largest absolute Gasteiger partial charge is 0.388 e. The van der Waals surface area contributed by atoms with E-state index in [0.29, 0.717) is 27.6 Å². The summed E-state index contributed by atoms with van der Waals surface area (Å²) in [6, 6.07) is 10.3. The van der Waals surface area contributed by atoms with Crippen molar-refractivity contribution in [2.75, 3.05) is 24.6 Å². The van der Waals surface area contributed by atoms with Crippen LogP contribution in [0.25, 0.3) is 0 Å². The van der Waals surface area contributed by atoms with Gasteiger partial charge in [-0.25, -0.2) is 0 Å². The van der Waals surface area contributed by atoms with Crippen molar-refractivity contribution in [3.8, 4) is 12.1 Å². The van der Waals surface area contributed by atoms with Crippen LogP contribution in [0.4, 0.5) is 16.4 Å². The smallest absolute Gasteiger partial charge is 0.158 e. The lowest BCUT2D eigenvalue weighted by Crippen LogP contribution is -2.39. The molecule has 34 heavy (non-hydrogen) atoms. The third-order valence-electron chi connectivity index (χ3n) is 5.95. The third-order valence-corrected chi connectivity index (χ3v) is 7.03. The van der Waals surface area contributed by atoms with E-state index in [1.165, 1.54) is 11.3 Å². The Morgan fingerprint density at radius 1 is 1.12 bits per heavy atom. The molecule has 0 aliphatic rings. The van der Waals surface area contributed by atoms with Crippen LogP contribution in [0.5, 0.6) is 0 Å². The molecule has 0 amide bonds. The van der Waals surface area contributed by atoms with Crippen molar-refractivity contribution in [2.24, 2.45) is 10.2 Å². The Balaban J connectivity index is 2.16. The number of azo groups is 1. The maximum Gasteiger partial charge on any atom is 0.158 e. The van der Waals surface area contributed by atoms with Crippen molar-refractivity contribution in [1.82, 2.24) is 0 Å². The minimum absolute atomic E-state index is 0.301. The fourth-order valence-corrected chi connectivity index (χ4v) is 4.27. The van der Waals surface area contributed by atoms with Crippen LogP contribution in [0.15, 0.2) is 28.4 Å². The molecule has 0 radical (unpaired) electrons. The summed E-state index contributed by atoms with van der Waals surface area (Å²) < 4.78 is 6.08. The first-order valence-corrected chi connectivity index (χ1v) is 12.4. The molecule has 7 nitrogen and oxygen atoms in total. The normalized spacial score (nSPS) is 13.5. The van der Waals surface area contributed by atoms with Gasteiger partial charge in [0.2, 0.25) is 0 Å². The van der Waals surface area contributed by atoms with Crippen LogP contribution in [-0.2, 0) is 4.74 Å². The second-order valence-corrected chi connectivity index (χ2v) is 10.4. The van der Waals surface area contributed by atoms with Crippen molar-refractivity contribution < 1.29 is 9.84 Å². The maximum atomic E-state index is 10.0. The number of ether oxygens (including phenoxy) is 1. The van der Waals surface area contributed by atoms with Crippen LogP contribution in [0.1, 0.15) is 69.0 Å². The number of thiophene rings is 1. The molecule has 1 heterocycles. The predicted octanol–water partition coefficient (Wildman–Crippen LogP) is 6.70. The highest BCUT2D eigenvalue weighted by Crippen LogP contribution is 2.36. The van der Waals surface area contributed by atoms with E-state index in [2.05, 4.69) is 54.1 Å². The van der Waals surface area contributed by atoms with E-state index >= 15 is 0 Å². The molecule has 1 aromatic heterocycles. The molecule has 1 atom stereocenters. The molecule has 182 valence electrons. The summed E-state index contributed by atoms with van der Waals surface area (Å²) in [5.74, 6) is 0. The lowest BCUT2D eigenvalue weighted by atomic mass is 9.97. The minimum Gasteiger partial charge on any atom is -0.388 e. The Bertz CT molecular complexity index is 1100. The maximum absolute atomic E-state index is 10.0. The average Bonchev–Trinajstić information content (AvgIpc) is 3.11. The average molecular weight is 482 g/mol. The Labute approximate surface area is 207 Å². The van der Waals surface area contributed by atoms with Crippen molar-refractivity contribution in [1.29, 1.82) is 10.5 Å². The molecule has 2 rings (SSSR count). The van der Waals surface area contributed by atoms with Gasteiger partial charge in [0.25, 0.3) is 0 Å². The fraction of sp³-hybridized carbons (Fsp3) is 0.538. The van der Waals surface area contributed by atoms with E-state index < -0.39 is 5.60 Å². The Morgan fingerprint density at radius 2 is 1.82 bits per heavy atom. The lowest BCUT2D eigenvalue weighted by molar-refractivity contribution is -0.103. The SMILES string of the molecule is CCN(CCC(C)(CC)OCC(C)(C)O)c1ccc(N=Nc2sc(C#N)c(C)c2C#N)c(C)c1.